The highest BCUT2D eigenvalue weighted by Gasteiger charge is 2.13. The predicted molar refractivity (Wildman–Crippen MR) is 86.2 cm³/mol. The van der Waals surface area contributed by atoms with Gasteiger partial charge in [0.05, 0.1) is 19.8 Å². The molecule has 0 saturated carbocycles. The van der Waals surface area contributed by atoms with Crippen molar-refractivity contribution in [1.82, 2.24) is 4.57 Å². The number of hydrogen-bond acceptors (Lipinski definition) is 3. The smallest absolute Gasteiger partial charge is 0.178 e. The van der Waals surface area contributed by atoms with Crippen LogP contribution in [0.1, 0.15) is 5.56 Å². The Bertz CT molecular complexity index is 888. The van der Waals surface area contributed by atoms with Crippen molar-refractivity contribution in [3.05, 3.63) is 48.2 Å². The molecule has 3 rings (SSSR count). The zero-order valence-corrected chi connectivity index (χ0v) is 12.8. The Morgan fingerprint density at radius 3 is 2.50 bits per heavy atom. The summed E-state index contributed by atoms with van der Waals surface area (Å²) in [7, 11) is 5.13. The third-order valence-corrected chi connectivity index (χ3v) is 3.82. The Labute approximate surface area is 129 Å². The molecule has 1 aromatic heterocycles. The third kappa shape index (κ3) is 2.17. The van der Waals surface area contributed by atoms with Gasteiger partial charge >= 0.3 is 0 Å². The molecule has 4 nitrogen and oxygen atoms in total. The molecular formula is C18H16N2O2. The maximum Gasteiger partial charge on any atom is 0.178 e. The van der Waals surface area contributed by atoms with Crippen LogP contribution < -0.4 is 9.47 Å². The SMILES string of the molecule is COc1cc(-c2ccc3c(ccn3C)c2)cc(C#N)c1OC. The van der Waals surface area contributed by atoms with Crippen molar-refractivity contribution in [3.8, 4) is 28.7 Å². The lowest BCUT2D eigenvalue weighted by atomic mass is 10.0. The highest BCUT2D eigenvalue weighted by Crippen LogP contribution is 2.36. The van der Waals surface area contributed by atoms with E-state index in [2.05, 4.69) is 28.8 Å². The van der Waals surface area contributed by atoms with Gasteiger partial charge in [0.15, 0.2) is 11.5 Å². The van der Waals surface area contributed by atoms with E-state index in [0.717, 1.165) is 16.5 Å². The summed E-state index contributed by atoms with van der Waals surface area (Å²) in [6, 6.07) is 14.2. The first-order valence-electron chi connectivity index (χ1n) is 6.89. The molecular weight excluding hydrogens is 276 g/mol. The Morgan fingerprint density at radius 2 is 1.82 bits per heavy atom. The van der Waals surface area contributed by atoms with E-state index >= 15 is 0 Å². The van der Waals surface area contributed by atoms with Crippen LogP contribution in [-0.4, -0.2) is 18.8 Å². The molecule has 22 heavy (non-hydrogen) atoms. The minimum absolute atomic E-state index is 0.463. The number of hydrogen-bond donors (Lipinski definition) is 0. The second kappa shape index (κ2) is 5.45. The largest absolute Gasteiger partial charge is 0.493 e. The molecule has 0 aliphatic carbocycles. The van der Waals surface area contributed by atoms with E-state index in [9.17, 15) is 5.26 Å². The van der Waals surface area contributed by atoms with Crippen LogP contribution in [0.3, 0.4) is 0 Å². The average Bonchev–Trinajstić information content (AvgIpc) is 2.94. The molecule has 0 unspecified atom stereocenters. The molecule has 0 aliphatic rings. The topological polar surface area (TPSA) is 47.2 Å². The van der Waals surface area contributed by atoms with Crippen LogP contribution in [0.25, 0.3) is 22.0 Å². The Hall–Kier alpha value is -2.93. The van der Waals surface area contributed by atoms with E-state index in [4.69, 9.17) is 9.47 Å². The van der Waals surface area contributed by atoms with Crippen LogP contribution in [0.15, 0.2) is 42.6 Å². The number of methoxy groups -OCH3 is 2. The number of benzene rings is 2. The second-order valence-corrected chi connectivity index (χ2v) is 5.07. The van der Waals surface area contributed by atoms with Crippen LogP contribution in [0.5, 0.6) is 11.5 Å². The van der Waals surface area contributed by atoms with Crippen molar-refractivity contribution in [2.24, 2.45) is 7.05 Å². The van der Waals surface area contributed by atoms with Crippen molar-refractivity contribution >= 4 is 10.9 Å². The molecule has 1 heterocycles. The van der Waals surface area contributed by atoms with Crippen molar-refractivity contribution in [1.29, 1.82) is 5.26 Å². The normalized spacial score (nSPS) is 10.5. The number of nitrogens with zero attached hydrogens (tertiary/aromatic N) is 2. The molecule has 0 spiro atoms. The van der Waals surface area contributed by atoms with Gasteiger partial charge in [-0.15, -0.1) is 0 Å². The van der Waals surface area contributed by atoms with Gasteiger partial charge in [-0.05, 0) is 41.5 Å². The van der Waals surface area contributed by atoms with Crippen molar-refractivity contribution in [2.75, 3.05) is 14.2 Å². The minimum Gasteiger partial charge on any atom is -0.493 e. The fraction of sp³-hybridized carbons (Fsp3) is 0.167. The Balaban J connectivity index is 2.19. The third-order valence-electron chi connectivity index (χ3n) is 3.82. The van der Waals surface area contributed by atoms with Crippen molar-refractivity contribution < 1.29 is 9.47 Å². The Morgan fingerprint density at radius 1 is 1.00 bits per heavy atom. The number of rotatable bonds is 3. The summed E-state index contributed by atoms with van der Waals surface area (Å²) >= 11 is 0. The molecule has 3 aromatic rings. The molecule has 110 valence electrons. The number of nitriles is 1. The van der Waals surface area contributed by atoms with Gasteiger partial charge in [-0.3, -0.25) is 0 Å². The summed E-state index contributed by atoms with van der Waals surface area (Å²) < 4.78 is 12.7. The molecule has 4 heteroatoms. The van der Waals surface area contributed by atoms with Gasteiger partial charge in [-0.2, -0.15) is 5.26 Å². The lowest BCUT2D eigenvalue weighted by Crippen LogP contribution is -1.95. The molecule has 0 radical (unpaired) electrons. The molecule has 0 N–H and O–H groups in total. The fourth-order valence-corrected chi connectivity index (χ4v) is 2.68. The molecule has 0 amide bonds. The molecule has 0 atom stereocenters. The maximum atomic E-state index is 9.33. The summed E-state index contributed by atoms with van der Waals surface area (Å²) in [5.74, 6) is 1.03. The monoisotopic (exact) mass is 292 g/mol. The fourth-order valence-electron chi connectivity index (χ4n) is 2.68. The molecule has 0 aliphatic heterocycles. The lowest BCUT2D eigenvalue weighted by Gasteiger charge is -2.12. The number of fused-ring (bicyclic) bond motifs is 1. The summed E-state index contributed by atoms with van der Waals surface area (Å²) in [6.45, 7) is 0. The van der Waals surface area contributed by atoms with E-state index in [1.165, 1.54) is 12.6 Å². The number of aryl methyl sites for hydroxylation is 1. The summed E-state index contributed by atoms with van der Waals surface area (Å²) in [4.78, 5) is 0. The standard InChI is InChI=1S/C18H16N2O2/c1-20-7-6-13-8-12(4-5-16(13)20)14-9-15(11-19)18(22-3)17(10-14)21-2/h4-10H,1-3H3. The van der Waals surface area contributed by atoms with Crippen molar-refractivity contribution in [3.63, 3.8) is 0 Å². The van der Waals surface area contributed by atoms with Gasteiger partial charge in [0.1, 0.15) is 6.07 Å². The van der Waals surface area contributed by atoms with Gasteiger partial charge in [-0.25, -0.2) is 0 Å². The van der Waals surface area contributed by atoms with Crippen LogP contribution >= 0.6 is 0 Å². The zero-order chi connectivity index (χ0) is 15.7. The van der Waals surface area contributed by atoms with Gasteiger partial charge in [0.2, 0.25) is 0 Å². The van der Waals surface area contributed by atoms with E-state index in [-0.39, 0.29) is 0 Å². The highest BCUT2D eigenvalue weighted by molar-refractivity contribution is 5.86. The first-order valence-corrected chi connectivity index (χ1v) is 6.89. The first-order chi connectivity index (χ1) is 10.7. The van der Waals surface area contributed by atoms with Crippen LogP contribution in [0.2, 0.25) is 0 Å². The molecule has 0 saturated heterocycles. The molecule has 0 fully saturated rings. The maximum absolute atomic E-state index is 9.33. The average molecular weight is 292 g/mol. The summed E-state index contributed by atoms with van der Waals surface area (Å²) in [5, 5.41) is 10.5. The van der Waals surface area contributed by atoms with E-state index in [1.807, 2.05) is 31.4 Å². The van der Waals surface area contributed by atoms with Gasteiger partial charge in [0.25, 0.3) is 0 Å². The number of ether oxygens (including phenoxy) is 2. The van der Waals surface area contributed by atoms with Gasteiger partial charge < -0.3 is 14.0 Å². The highest BCUT2D eigenvalue weighted by atomic mass is 16.5. The van der Waals surface area contributed by atoms with E-state index in [1.54, 1.807) is 7.11 Å². The van der Waals surface area contributed by atoms with E-state index in [0.29, 0.717) is 17.1 Å². The van der Waals surface area contributed by atoms with E-state index < -0.39 is 0 Å². The Kier molecular flexibility index (Phi) is 3.48. The van der Waals surface area contributed by atoms with Gasteiger partial charge in [-0.1, -0.05) is 6.07 Å². The molecule has 2 aromatic carbocycles. The van der Waals surface area contributed by atoms with Crippen LogP contribution in [-0.2, 0) is 7.05 Å². The predicted octanol–water partition coefficient (Wildman–Crippen LogP) is 3.73. The second-order valence-electron chi connectivity index (χ2n) is 5.07. The zero-order valence-electron chi connectivity index (χ0n) is 12.8. The molecule has 0 bridgehead atoms. The van der Waals surface area contributed by atoms with Crippen LogP contribution in [0, 0.1) is 11.3 Å². The lowest BCUT2D eigenvalue weighted by molar-refractivity contribution is 0.354. The summed E-state index contributed by atoms with van der Waals surface area (Å²) in [5.41, 5.74) is 3.60. The quantitative estimate of drug-likeness (QED) is 0.739. The minimum atomic E-state index is 0.463. The number of aromatic nitrogens is 1. The van der Waals surface area contributed by atoms with Crippen molar-refractivity contribution in [2.45, 2.75) is 0 Å². The summed E-state index contributed by atoms with van der Waals surface area (Å²) in [6.07, 6.45) is 2.03. The first kappa shape index (κ1) is 14.0. The van der Waals surface area contributed by atoms with Crippen LogP contribution in [0.4, 0.5) is 0 Å². The van der Waals surface area contributed by atoms with Gasteiger partial charge in [0, 0.05) is 24.1 Å².